The van der Waals surface area contributed by atoms with E-state index in [0.29, 0.717) is 21.9 Å². The van der Waals surface area contributed by atoms with Gasteiger partial charge in [-0.1, -0.05) is 24.1 Å². The lowest BCUT2D eigenvalue weighted by molar-refractivity contribution is 0.250. The minimum absolute atomic E-state index is 0.116. The van der Waals surface area contributed by atoms with Gasteiger partial charge in [-0.15, -0.1) is 0 Å². The summed E-state index contributed by atoms with van der Waals surface area (Å²) < 4.78 is 29.5. The zero-order valence-electron chi connectivity index (χ0n) is 15.0. The Labute approximate surface area is 160 Å². The Kier molecular flexibility index (Phi) is 6.00. The first kappa shape index (κ1) is 19.3. The number of aryl methyl sites for hydroxylation is 2. The van der Waals surface area contributed by atoms with Gasteiger partial charge in [0.2, 0.25) is 0 Å². The van der Waals surface area contributed by atoms with Crippen molar-refractivity contribution in [3.8, 4) is 0 Å². The Balaban J connectivity index is 1.78. The van der Waals surface area contributed by atoms with E-state index >= 15 is 0 Å². The van der Waals surface area contributed by atoms with Gasteiger partial charge in [0.1, 0.15) is 5.82 Å². The van der Waals surface area contributed by atoms with Crippen LogP contribution in [0.3, 0.4) is 0 Å². The van der Waals surface area contributed by atoms with Gasteiger partial charge in [-0.25, -0.2) is 12.9 Å². The van der Waals surface area contributed by atoms with Crippen LogP contribution in [0.4, 0.5) is 4.39 Å². The molecule has 0 saturated carbocycles. The fourth-order valence-corrected chi connectivity index (χ4v) is 5.52. The molecule has 140 valence electrons. The second kappa shape index (κ2) is 8.07. The lowest BCUT2D eigenvalue weighted by Crippen LogP contribution is -2.43. The molecule has 0 spiro atoms. The summed E-state index contributed by atoms with van der Waals surface area (Å²) in [6.07, 6.45) is 6.02. The minimum atomic E-state index is -2.59. The summed E-state index contributed by atoms with van der Waals surface area (Å²) in [5, 5.41) is 0.401. The molecular formula is C20H24ClFN2OS. The zero-order chi connectivity index (χ0) is 18.7. The summed E-state index contributed by atoms with van der Waals surface area (Å²) in [7, 11) is -2.59. The van der Waals surface area contributed by atoms with E-state index in [4.69, 9.17) is 11.6 Å². The van der Waals surface area contributed by atoms with Crippen LogP contribution in [0.2, 0.25) is 5.02 Å². The molecule has 1 aliphatic heterocycles. The molecular weight excluding hydrogens is 371 g/mol. The molecule has 2 atom stereocenters. The van der Waals surface area contributed by atoms with Gasteiger partial charge in [0.25, 0.3) is 0 Å². The molecule has 1 aliphatic rings. The van der Waals surface area contributed by atoms with Gasteiger partial charge in [-0.05, 0) is 68.3 Å². The van der Waals surface area contributed by atoms with E-state index in [9.17, 15) is 8.60 Å². The Morgan fingerprint density at radius 3 is 2.85 bits per heavy atom. The van der Waals surface area contributed by atoms with Gasteiger partial charge < -0.3 is 0 Å². The number of rotatable bonds is 5. The van der Waals surface area contributed by atoms with E-state index in [1.165, 1.54) is 6.07 Å². The molecule has 26 heavy (non-hydrogen) atoms. The van der Waals surface area contributed by atoms with E-state index in [2.05, 4.69) is 10.9 Å². The molecule has 3 rings (SSSR count). The van der Waals surface area contributed by atoms with E-state index in [1.54, 1.807) is 18.3 Å². The van der Waals surface area contributed by atoms with Crippen LogP contribution in [0.25, 0.3) is 0 Å². The number of hydrogen-bond acceptors (Lipinski definition) is 2. The van der Waals surface area contributed by atoms with Crippen molar-refractivity contribution in [1.82, 2.24) is 9.29 Å². The molecule has 1 aromatic heterocycles. The average molecular weight is 395 g/mol. The SMILES string of the molecule is C=S(=O)(c1ccc(C)nc1)N1CCCCC1CCc1ccc(Cl)cc1F. The van der Waals surface area contributed by atoms with Crippen molar-refractivity contribution < 1.29 is 8.60 Å². The highest BCUT2D eigenvalue weighted by Crippen LogP contribution is 2.28. The van der Waals surface area contributed by atoms with Crippen LogP contribution in [0, 0.1) is 12.7 Å². The summed E-state index contributed by atoms with van der Waals surface area (Å²) >= 11 is 5.83. The standard InChI is InChI=1S/C20H24ClFN2OS/c1-15-6-11-19(14-23-15)26(2,25)24-12-4-3-5-18(24)10-8-16-7-9-17(21)13-20(16)22/h6-7,9,11,13-14,18H,2-5,8,10,12H2,1H3. The summed E-state index contributed by atoms with van der Waals surface area (Å²) in [6, 6.07) is 8.62. The smallest absolute Gasteiger partial charge is 0.127 e. The van der Waals surface area contributed by atoms with Crippen molar-refractivity contribution in [1.29, 1.82) is 0 Å². The molecule has 1 fully saturated rings. The molecule has 0 N–H and O–H groups in total. The molecule has 0 radical (unpaired) electrons. The molecule has 0 aliphatic carbocycles. The molecule has 3 nitrogen and oxygen atoms in total. The number of pyridine rings is 1. The van der Waals surface area contributed by atoms with Crippen molar-refractivity contribution in [2.75, 3.05) is 6.54 Å². The minimum Gasteiger partial charge on any atom is -0.260 e. The molecule has 2 heterocycles. The van der Waals surface area contributed by atoms with E-state index in [0.717, 1.165) is 37.9 Å². The number of piperidine rings is 1. The van der Waals surface area contributed by atoms with E-state index in [1.807, 2.05) is 23.4 Å². The number of benzene rings is 1. The summed E-state index contributed by atoms with van der Waals surface area (Å²) in [6.45, 7) is 2.64. The third-order valence-electron chi connectivity index (χ3n) is 4.97. The number of hydrogen-bond donors (Lipinski definition) is 0. The molecule has 6 heteroatoms. The Hall–Kier alpha value is -1.43. The molecule has 1 aromatic carbocycles. The average Bonchev–Trinajstić information content (AvgIpc) is 2.61. The second-order valence-electron chi connectivity index (χ2n) is 6.84. The van der Waals surface area contributed by atoms with Gasteiger partial charge in [-0.3, -0.25) is 4.98 Å². The normalized spacial score (nSPS) is 20.7. The lowest BCUT2D eigenvalue weighted by atomic mass is 9.98. The predicted molar refractivity (Wildman–Crippen MR) is 107 cm³/mol. The first-order valence-electron chi connectivity index (χ1n) is 8.88. The molecule has 0 amide bonds. The topological polar surface area (TPSA) is 33.2 Å². The van der Waals surface area contributed by atoms with Gasteiger partial charge in [0.15, 0.2) is 0 Å². The third kappa shape index (κ3) is 4.27. The number of aromatic nitrogens is 1. The summed E-state index contributed by atoms with van der Waals surface area (Å²) in [5.41, 5.74) is 1.53. The first-order valence-corrected chi connectivity index (χ1v) is 10.9. The second-order valence-corrected chi connectivity index (χ2v) is 9.50. The van der Waals surface area contributed by atoms with Crippen LogP contribution >= 0.6 is 11.6 Å². The molecule has 1 saturated heterocycles. The maximum Gasteiger partial charge on any atom is 0.127 e. The number of nitrogens with zero attached hydrogens (tertiary/aromatic N) is 2. The van der Waals surface area contributed by atoms with Crippen molar-refractivity contribution in [3.63, 3.8) is 0 Å². The highest BCUT2D eigenvalue weighted by molar-refractivity contribution is 7.98. The van der Waals surface area contributed by atoms with Gasteiger partial charge >= 0.3 is 0 Å². The molecule has 2 unspecified atom stereocenters. The summed E-state index contributed by atoms with van der Waals surface area (Å²) in [5.74, 6) is 3.77. The van der Waals surface area contributed by atoms with Crippen molar-refractivity contribution in [2.24, 2.45) is 0 Å². The van der Waals surface area contributed by atoms with Crippen LogP contribution < -0.4 is 0 Å². The number of halogens is 2. The van der Waals surface area contributed by atoms with Crippen LogP contribution in [0.5, 0.6) is 0 Å². The molecule has 2 aromatic rings. The van der Waals surface area contributed by atoms with Gasteiger partial charge in [-0.2, -0.15) is 0 Å². The van der Waals surface area contributed by atoms with E-state index < -0.39 is 9.71 Å². The van der Waals surface area contributed by atoms with Gasteiger partial charge in [0.05, 0.1) is 14.6 Å². The molecule has 0 bridgehead atoms. The van der Waals surface area contributed by atoms with Crippen molar-refractivity contribution >= 4 is 27.2 Å². The van der Waals surface area contributed by atoms with Crippen molar-refractivity contribution in [2.45, 2.75) is 50.0 Å². The Morgan fingerprint density at radius 2 is 2.15 bits per heavy atom. The Bertz CT molecular complexity index is 868. The van der Waals surface area contributed by atoms with Crippen LogP contribution in [0.1, 0.15) is 36.9 Å². The Morgan fingerprint density at radius 1 is 1.35 bits per heavy atom. The van der Waals surface area contributed by atoms with Gasteiger partial charge in [0, 0.05) is 29.5 Å². The highest BCUT2D eigenvalue weighted by Gasteiger charge is 2.29. The fraction of sp³-hybridized carbons (Fsp3) is 0.400. The monoisotopic (exact) mass is 394 g/mol. The van der Waals surface area contributed by atoms with Crippen LogP contribution in [-0.2, 0) is 16.1 Å². The van der Waals surface area contributed by atoms with Crippen molar-refractivity contribution in [3.05, 3.63) is 58.6 Å². The fourth-order valence-electron chi connectivity index (χ4n) is 3.48. The quantitative estimate of drug-likeness (QED) is 0.691. The van der Waals surface area contributed by atoms with E-state index in [-0.39, 0.29) is 11.9 Å². The highest BCUT2D eigenvalue weighted by atomic mass is 35.5. The zero-order valence-corrected chi connectivity index (χ0v) is 16.5. The largest absolute Gasteiger partial charge is 0.260 e. The lowest BCUT2D eigenvalue weighted by Gasteiger charge is -2.37. The van der Waals surface area contributed by atoms with Crippen LogP contribution in [-0.4, -0.2) is 32.0 Å². The predicted octanol–water partition coefficient (Wildman–Crippen LogP) is 4.66. The van der Waals surface area contributed by atoms with Crippen LogP contribution in [0.15, 0.2) is 41.4 Å². The third-order valence-corrected chi connectivity index (χ3v) is 7.42. The summed E-state index contributed by atoms with van der Waals surface area (Å²) in [4.78, 5) is 4.93. The first-order chi connectivity index (χ1) is 12.4. The maximum atomic E-state index is 14.1. The maximum absolute atomic E-state index is 14.1.